The van der Waals surface area contributed by atoms with Gasteiger partial charge in [0.2, 0.25) is 0 Å². The van der Waals surface area contributed by atoms with Gasteiger partial charge in [-0.2, -0.15) is 0 Å². The number of nitrogens with one attached hydrogen (secondary N) is 2. The number of nitrogens with two attached hydrogens (primary N) is 1. The summed E-state index contributed by atoms with van der Waals surface area (Å²) in [6, 6.07) is 10.9. The van der Waals surface area contributed by atoms with E-state index in [2.05, 4.69) is 10.3 Å². The van der Waals surface area contributed by atoms with Gasteiger partial charge in [-0.25, -0.2) is 4.79 Å². The smallest absolute Gasteiger partial charge is 0.417 e. The molecule has 21 heavy (non-hydrogen) atoms. The van der Waals surface area contributed by atoms with Crippen LogP contribution in [0.15, 0.2) is 45.6 Å². The van der Waals surface area contributed by atoms with Crippen molar-refractivity contribution < 1.29 is 9.15 Å². The molecule has 1 aromatic heterocycles. The molecule has 2 aromatic carbocycles. The summed E-state index contributed by atoms with van der Waals surface area (Å²) in [5.74, 6) is 0.277. The van der Waals surface area contributed by atoms with Crippen molar-refractivity contribution in [2.75, 3.05) is 17.7 Å². The lowest BCUT2D eigenvalue weighted by Crippen LogP contribution is -1.97. The van der Waals surface area contributed by atoms with Gasteiger partial charge in [0.25, 0.3) is 0 Å². The van der Waals surface area contributed by atoms with Crippen LogP contribution in [0.3, 0.4) is 0 Å². The number of rotatable bonds is 4. The predicted octanol–water partition coefficient (Wildman–Crippen LogP) is 2.85. The molecule has 0 amide bonds. The zero-order valence-corrected chi connectivity index (χ0v) is 11.5. The highest BCUT2D eigenvalue weighted by Gasteiger charge is 2.07. The highest BCUT2D eigenvalue weighted by atomic mass is 16.5. The summed E-state index contributed by atoms with van der Waals surface area (Å²) in [5.41, 5.74) is 9.03. The molecular formula is C15H15N3O3. The van der Waals surface area contributed by atoms with Crippen molar-refractivity contribution in [3.05, 3.63) is 46.9 Å². The second kappa shape index (κ2) is 5.24. The van der Waals surface area contributed by atoms with E-state index in [0.717, 1.165) is 11.4 Å². The number of nitrogen functional groups attached to an aromatic ring is 1. The quantitative estimate of drug-likeness (QED) is 0.641. The first kappa shape index (κ1) is 13.1. The largest absolute Gasteiger partial charge is 0.494 e. The van der Waals surface area contributed by atoms with Gasteiger partial charge in [0.1, 0.15) is 5.75 Å². The Morgan fingerprint density at radius 3 is 3.00 bits per heavy atom. The van der Waals surface area contributed by atoms with Gasteiger partial charge in [-0.3, -0.25) is 4.98 Å². The Kier molecular flexibility index (Phi) is 3.27. The highest BCUT2D eigenvalue weighted by molar-refractivity contribution is 5.87. The molecule has 0 atom stereocenters. The molecule has 0 aliphatic heterocycles. The van der Waals surface area contributed by atoms with E-state index in [4.69, 9.17) is 14.9 Å². The average molecular weight is 285 g/mol. The standard InChI is InChI=1S/C15H15N3O3/c1-2-20-10-5-3-4-9(6-10)17-12-8-13-14(7-11(12)16)21-15(19)18-13/h3-8,17H,2,16H2,1H3,(H,18,19). The summed E-state index contributed by atoms with van der Waals surface area (Å²) >= 11 is 0. The minimum absolute atomic E-state index is 0.436. The lowest BCUT2D eigenvalue weighted by Gasteiger charge is -2.11. The topological polar surface area (TPSA) is 93.3 Å². The molecule has 6 heteroatoms. The van der Waals surface area contributed by atoms with Crippen LogP contribution in [0.5, 0.6) is 5.75 Å². The monoisotopic (exact) mass is 285 g/mol. The highest BCUT2D eigenvalue weighted by Crippen LogP contribution is 2.28. The summed E-state index contributed by atoms with van der Waals surface area (Å²) < 4.78 is 10.4. The van der Waals surface area contributed by atoms with E-state index in [1.807, 2.05) is 31.2 Å². The number of oxazole rings is 1. The molecule has 0 spiro atoms. The molecule has 4 N–H and O–H groups in total. The van der Waals surface area contributed by atoms with Crippen molar-refractivity contribution in [2.24, 2.45) is 0 Å². The zero-order valence-electron chi connectivity index (χ0n) is 11.5. The molecule has 3 rings (SSSR count). The number of aromatic amines is 1. The van der Waals surface area contributed by atoms with Gasteiger partial charge in [-0.15, -0.1) is 0 Å². The van der Waals surface area contributed by atoms with E-state index < -0.39 is 5.76 Å². The first-order valence-corrected chi connectivity index (χ1v) is 6.58. The molecule has 0 radical (unpaired) electrons. The van der Waals surface area contributed by atoms with E-state index in [-0.39, 0.29) is 0 Å². The fraction of sp³-hybridized carbons (Fsp3) is 0.133. The van der Waals surface area contributed by atoms with Crippen LogP contribution in [0.4, 0.5) is 17.1 Å². The van der Waals surface area contributed by atoms with Crippen molar-refractivity contribution in [1.82, 2.24) is 4.98 Å². The number of benzene rings is 2. The average Bonchev–Trinajstić information content (AvgIpc) is 2.79. The number of ether oxygens (including phenoxy) is 1. The van der Waals surface area contributed by atoms with Crippen LogP contribution >= 0.6 is 0 Å². The van der Waals surface area contributed by atoms with Gasteiger partial charge in [-0.05, 0) is 25.1 Å². The Bertz CT molecular complexity index is 836. The number of H-pyrrole nitrogens is 1. The van der Waals surface area contributed by atoms with Crippen molar-refractivity contribution >= 4 is 28.2 Å². The second-order valence-electron chi connectivity index (χ2n) is 4.54. The third-order valence-electron chi connectivity index (χ3n) is 3.02. The van der Waals surface area contributed by atoms with Gasteiger partial charge < -0.3 is 20.2 Å². The molecule has 0 saturated heterocycles. The van der Waals surface area contributed by atoms with E-state index in [1.165, 1.54) is 0 Å². The van der Waals surface area contributed by atoms with Crippen LogP contribution in [0, 0.1) is 0 Å². The first-order chi connectivity index (χ1) is 10.2. The summed E-state index contributed by atoms with van der Waals surface area (Å²) in [7, 11) is 0. The number of hydrogen-bond acceptors (Lipinski definition) is 5. The normalized spacial score (nSPS) is 10.7. The third kappa shape index (κ3) is 2.69. The Morgan fingerprint density at radius 2 is 2.19 bits per heavy atom. The van der Waals surface area contributed by atoms with Crippen LogP contribution in [0.25, 0.3) is 11.1 Å². The van der Waals surface area contributed by atoms with Gasteiger partial charge >= 0.3 is 5.76 Å². The third-order valence-corrected chi connectivity index (χ3v) is 3.02. The number of aromatic nitrogens is 1. The fourth-order valence-corrected chi connectivity index (χ4v) is 2.11. The number of anilines is 3. The van der Waals surface area contributed by atoms with E-state index in [1.54, 1.807) is 12.1 Å². The van der Waals surface area contributed by atoms with Crippen molar-refractivity contribution in [3.8, 4) is 5.75 Å². The first-order valence-electron chi connectivity index (χ1n) is 6.58. The van der Waals surface area contributed by atoms with Crippen LogP contribution in [-0.2, 0) is 0 Å². The maximum absolute atomic E-state index is 11.2. The SMILES string of the molecule is CCOc1cccc(Nc2cc3[nH]c(=O)oc3cc2N)c1. The number of hydrogen-bond donors (Lipinski definition) is 3. The minimum Gasteiger partial charge on any atom is -0.494 e. The van der Waals surface area contributed by atoms with Crippen LogP contribution in [0.2, 0.25) is 0 Å². The molecule has 0 saturated carbocycles. The van der Waals surface area contributed by atoms with Crippen LogP contribution < -0.4 is 21.5 Å². The summed E-state index contributed by atoms with van der Waals surface area (Å²) in [6.07, 6.45) is 0. The molecule has 1 heterocycles. The van der Waals surface area contributed by atoms with Gasteiger partial charge in [-0.1, -0.05) is 6.07 Å². The summed E-state index contributed by atoms with van der Waals surface area (Å²) in [5, 5.41) is 3.20. The molecule has 0 aliphatic carbocycles. The second-order valence-corrected chi connectivity index (χ2v) is 4.54. The fourth-order valence-electron chi connectivity index (χ4n) is 2.11. The summed E-state index contributed by atoms with van der Waals surface area (Å²) in [6.45, 7) is 2.54. The molecule has 0 fully saturated rings. The Morgan fingerprint density at radius 1 is 1.33 bits per heavy atom. The molecule has 3 aromatic rings. The molecule has 108 valence electrons. The van der Waals surface area contributed by atoms with Gasteiger partial charge in [0.15, 0.2) is 5.58 Å². The van der Waals surface area contributed by atoms with E-state index >= 15 is 0 Å². The van der Waals surface area contributed by atoms with Crippen molar-refractivity contribution in [1.29, 1.82) is 0 Å². The molecule has 0 unspecified atom stereocenters. The van der Waals surface area contributed by atoms with Gasteiger partial charge in [0, 0.05) is 17.8 Å². The predicted molar refractivity (Wildman–Crippen MR) is 82.1 cm³/mol. The van der Waals surface area contributed by atoms with Crippen LogP contribution in [0.1, 0.15) is 6.92 Å². The number of fused-ring (bicyclic) bond motifs is 1. The zero-order chi connectivity index (χ0) is 14.8. The summed E-state index contributed by atoms with van der Waals surface area (Å²) in [4.78, 5) is 13.8. The van der Waals surface area contributed by atoms with Gasteiger partial charge in [0.05, 0.1) is 23.5 Å². The van der Waals surface area contributed by atoms with E-state index in [0.29, 0.717) is 29.1 Å². The van der Waals surface area contributed by atoms with Crippen molar-refractivity contribution in [3.63, 3.8) is 0 Å². The Hall–Kier alpha value is -2.89. The molecule has 0 bridgehead atoms. The maximum Gasteiger partial charge on any atom is 0.417 e. The molecule has 6 nitrogen and oxygen atoms in total. The molecular weight excluding hydrogens is 270 g/mol. The maximum atomic E-state index is 11.2. The van der Waals surface area contributed by atoms with Crippen LogP contribution in [-0.4, -0.2) is 11.6 Å². The Labute approximate surface area is 120 Å². The lowest BCUT2D eigenvalue weighted by molar-refractivity contribution is 0.340. The van der Waals surface area contributed by atoms with Crippen molar-refractivity contribution in [2.45, 2.75) is 6.92 Å². The molecule has 0 aliphatic rings. The lowest BCUT2D eigenvalue weighted by atomic mass is 10.2. The van der Waals surface area contributed by atoms with E-state index in [9.17, 15) is 4.79 Å². The minimum atomic E-state index is -0.500. The Balaban J connectivity index is 1.95.